The van der Waals surface area contributed by atoms with E-state index in [-0.39, 0.29) is 16.3 Å². The molecule has 8 heteroatoms. The van der Waals surface area contributed by atoms with E-state index in [0.717, 1.165) is 18.2 Å². The molecule has 5 nitrogen and oxygen atoms in total. The summed E-state index contributed by atoms with van der Waals surface area (Å²) in [5.74, 6) is -2.47. The number of benzene rings is 2. The van der Waals surface area contributed by atoms with Crippen LogP contribution in [-0.2, 0) is 0 Å². The number of rotatable bonds is 4. The van der Waals surface area contributed by atoms with Crippen LogP contribution in [0.25, 0.3) is 0 Å². The molecule has 0 spiro atoms. The maximum Gasteiger partial charge on any atom is 0.270 e. The Labute approximate surface area is 141 Å². The number of hydrogen-bond donors (Lipinski definition) is 0. The standard InChI is InChI=1S/C16H13ClF2N2O3/c1-9(10-3-6-14(18)15(19)7-10)20(2)16(22)12-5-4-11(21(23)24)8-13(12)17/h3-9H,1-2H3. The van der Waals surface area contributed by atoms with Gasteiger partial charge in [0, 0.05) is 19.2 Å². The van der Waals surface area contributed by atoms with Gasteiger partial charge in [-0.2, -0.15) is 0 Å². The van der Waals surface area contributed by atoms with Gasteiger partial charge in [-0.1, -0.05) is 17.7 Å². The number of nitro benzene ring substituents is 1. The van der Waals surface area contributed by atoms with Crippen LogP contribution in [0.4, 0.5) is 14.5 Å². The zero-order valence-corrected chi connectivity index (χ0v) is 13.6. The predicted molar refractivity (Wildman–Crippen MR) is 85.0 cm³/mol. The number of halogens is 3. The molecule has 0 aliphatic rings. The number of carbonyl (C=O) groups excluding carboxylic acids is 1. The highest BCUT2D eigenvalue weighted by molar-refractivity contribution is 6.34. The monoisotopic (exact) mass is 354 g/mol. The van der Waals surface area contributed by atoms with E-state index in [0.29, 0.717) is 5.56 Å². The molecule has 126 valence electrons. The van der Waals surface area contributed by atoms with Crippen LogP contribution in [0.3, 0.4) is 0 Å². The van der Waals surface area contributed by atoms with Crippen molar-refractivity contribution in [1.29, 1.82) is 0 Å². The molecule has 0 heterocycles. The van der Waals surface area contributed by atoms with E-state index in [1.807, 2.05) is 0 Å². The molecule has 0 bridgehead atoms. The second kappa shape index (κ2) is 6.92. The third-order valence-electron chi connectivity index (χ3n) is 3.72. The molecule has 0 saturated carbocycles. The Hall–Kier alpha value is -2.54. The van der Waals surface area contributed by atoms with Gasteiger partial charge in [0.1, 0.15) is 0 Å². The van der Waals surface area contributed by atoms with Crippen LogP contribution >= 0.6 is 11.6 Å². The minimum atomic E-state index is -1.01. The first-order valence-electron chi connectivity index (χ1n) is 6.88. The number of carbonyl (C=O) groups is 1. The largest absolute Gasteiger partial charge is 0.335 e. The van der Waals surface area contributed by atoms with Gasteiger partial charge in [0.25, 0.3) is 11.6 Å². The molecule has 1 atom stereocenters. The van der Waals surface area contributed by atoms with Gasteiger partial charge in [-0.05, 0) is 30.7 Å². The lowest BCUT2D eigenvalue weighted by molar-refractivity contribution is -0.384. The lowest BCUT2D eigenvalue weighted by Gasteiger charge is -2.26. The lowest BCUT2D eigenvalue weighted by Crippen LogP contribution is -2.30. The first-order chi connectivity index (χ1) is 11.2. The third kappa shape index (κ3) is 3.51. The third-order valence-corrected chi connectivity index (χ3v) is 4.03. The van der Waals surface area contributed by atoms with Crippen molar-refractivity contribution >= 4 is 23.2 Å². The molecule has 1 unspecified atom stereocenters. The average molecular weight is 355 g/mol. The van der Waals surface area contributed by atoms with Crippen molar-refractivity contribution in [3.05, 3.63) is 74.3 Å². The molecule has 0 saturated heterocycles. The van der Waals surface area contributed by atoms with Gasteiger partial charge in [0.05, 0.1) is 21.6 Å². The summed E-state index contributed by atoms with van der Waals surface area (Å²) >= 11 is 5.95. The van der Waals surface area contributed by atoms with E-state index < -0.39 is 28.5 Å². The van der Waals surface area contributed by atoms with Crippen molar-refractivity contribution in [3.63, 3.8) is 0 Å². The molecular weight excluding hydrogens is 342 g/mol. The Morgan fingerprint density at radius 1 is 1.21 bits per heavy atom. The maximum absolute atomic E-state index is 13.3. The summed E-state index contributed by atoms with van der Waals surface area (Å²) in [5, 5.41) is 10.6. The molecule has 0 N–H and O–H groups in total. The van der Waals surface area contributed by atoms with Crippen molar-refractivity contribution in [1.82, 2.24) is 4.90 Å². The Morgan fingerprint density at radius 2 is 1.88 bits per heavy atom. The minimum Gasteiger partial charge on any atom is -0.335 e. The summed E-state index contributed by atoms with van der Waals surface area (Å²) in [4.78, 5) is 23.9. The Balaban J connectivity index is 2.28. The summed E-state index contributed by atoms with van der Waals surface area (Å²) in [6.45, 7) is 1.64. The van der Waals surface area contributed by atoms with E-state index in [1.54, 1.807) is 6.92 Å². The highest BCUT2D eigenvalue weighted by Crippen LogP contribution is 2.27. The summed E-state index contributed by atoms with van der Waals surface area (Å²) in [6, 6.07) is 6.35. The van der Waals surface area contributed by atoms with Gasteiger partial charge < -0.3 is 4.90 Å². The molecule has 2 aromatic carbocycles. The normalized spacial score (nSPS) is 11.9. The minimum absolute atomic E-state index is 0.0569. The lowest BCUT2D eigenvalue weighted by atomic mass is 10.1. The quantitative estimate of drug-likeness (QED) is 0.605. The number of nitrogens with zero attached hydrogens (tertiary/aromatic N) is 2. The summed E-state index contributed by atoms with van der Waals surface area (Å²) < 4.78 is 26.4. The van der Waals surface area contributed by atoms with Crippen LogP contribution in [0, 0.1) is 21.7 Å². The fourth-order valence-corrected chi connectivity index (χ4v) is 2.41. The SMILES string of the molecule is CC(c1ccc(F)c(F)c1)N(C)C(=O)c1ccc([N+](=O)[O-])cc1Cl. The second-order valence-electron chi connectivity index (χ2n) is 5.19. The van der Waals surface area contributed by atoms with E-state index in [4.69, 9.17) is 11.6 Å². The van der Waals surface area contributed by atoms with E-state index in [1.165, 1.54) is 30.1 Å². The predicted octanol–water partition coefficient (Wildman–Crippen LogP) is 4.36. The zero-order valence-electron chi connectivity index (χ0n) is 12.8. The van der Waals surface area contributed by atoms with E-state index >= 15 is 0 Å². The Morgan fingerprint density at radius 3 is 2.42 bits per heavy atom. The van der Waals surface area contributed by atoms with Crippen LogP contribution in [0.1, 0.15) is 28.9 Å². The Bertz CT molecular complexity index is 814. The van der Waals surface area contributed by atoms with Crippen LogP contribution in [0.5, 0.6) is 0 Å². The molecule has 0 aliphatic heterocycles. The number of non-ortho nitro benzene ring substituents is 1. The first-order valence-corrected chi connectivity index (χ1v) is 7.26. The average Bonchev–Trinajstić information content (AvgIpc) is 2.55. The molecule has 0 aliphatic carbocycles. The van der Waals surface area contributed by atoms with Crippen LogP contribution < -0.4 is 0 Å². The van der Waals surface area contributed by atoms with Crippen molar-refractivity contribution < 1.29 is 18.5 Å². The summed E-state index contributed by atoms with van der Waals surface area (Å²) in [7, 11) is 1.48. The zero-order chi connectivity index (χ0) is 18.0. The van der Waals surface area contributed by atoms with Crippen LogP contribution in [0.2, 0.25) is 5.02 Å². The van der Waals surface area contributed by atoms with Crippen molar-refractivity contribution in [2.45, 2.75) is 13.0 Å². The summed E-state index contributed by atoms with van der Waals surface area (Å²) in [6.07, 6.45) is 0. The van der Waals surface area contributed by atoms with Gasteiger partial charge in [-0.25, -0.2) is 8.78 Å². The maximum atomic E-state index is 13.3. The van der Waals surface area contributed by atoms with E-state index in [9.17, 15) is 23.7 Å². The highest BCUT2D eigenvalue weighted by Gasteiger charge is 2.23. The highest BCUT2D eigenvalue weighted by atomic mass is 35.5. The summed E-state index contributed by atoms with van der Waals surface area (Å²) in [5.41, 5.74) is 0.259. The molecule has 0 fully saturated rings. The number of hydrogen-bond acceptors (Lipinski definition) is 3. The topological polar surface area (TPSA) is 63.5 Å². The van der Waals surface area contributed by atoms with Crippen molar-refractivity contribution in [3.8, 4) is 0 Å². The molecule has 0 radical (unpaired) electrons. The van der Waals surface area contributed by atoms with Gasteiger partial charge in [-0.15, -0.1) is 0 Å². The molecule has 2 rings (SSSR count). The van der Waals surface area contributed by atoms with Gasteiger partial charge in [0.15, 0.2) is 11.6 Å². The van der Waals surface area contributed by atoms with Crippen molar-refractivity contribution in [2.75, 3.05) is 7.05 Å². The first kappa shape index (κ1) is 17.8. The van der Waals surface area contributed by atoms with Crippen molar-refractivity contribution in [2.24, 2.45) is 0 Å². The number of amides is 1. The van der Waals surface area contributed by atoms with E-state index in [2.05, 4.69) is 0 Å². The Kier molecular flexibility index (Phi) is 5.14. The molecular formula is C16H13ClF2N2O3. The van der Waals surface area contributed by atoms with Crippen LogP contribution in [0.15, 0.2) is 36.4 Å². The van der Waals surface area contributed by atoms with Crippen LogP contribution in [-0.4, -0.2) is 22.8 Å². The number of nitro groups is 1. The molecule has 2 aromatic rings. The van der Waals surface area contributed by atoms with Gasteiger partial charge in [0.2, 0.25) is 0 Å². The smallest absolute Gasteiger partial charge is 0.270 e. The fraction of sp³-hybridized carbons (Fsp3) is 0.188. The van der Waals surface area contributed by atoms with Gasteiger partial charge in [-0.3, -0.25) is 14.9 Å². The molecule has 1 amide bonds. The fourth-order valence-electron chi connectivity index (χ4n) is 2.15. The molecule has 0 aromatic heterocycles. The second-order valence-corrected chi connectivity index (χ2v) is 5.59. The van der Waals surface area contributed by atoms with Gasteiger partial charge >= 0.3 is 0 Å². The molecule has 24 heavy (non-hydrogen) atoms.